The number of amides is 1. The fourth-order valence-electron chi connectivity index (χ4n) is 3.66. The van der Waals surface area contributed by atoms with Gasteiger partial charge in [-0.15, -0.1) is 23.5 Å². The van der Waals surface area contributed by atoms with Crippen LogP contribution in [0.5, 0.6) is 0 Å². The predicted octanol–water partition coefficient (Wildman–Crippen LogP) is 7.00. The smallest absolute Gasteiger partial charge is 0.280 e. The number of thioether (sulfide) groups is 2. The number of hydrogen-bond acceptors (Lipinski definition) is 3. The normalized spacial score (nSPS) is 20.0. The van der Waals surface area contributed by atoms with E-state index in [1.165, 1.54) is 74.0 Å². The molecule has 0 bridgehead atoms. The zero-order valence-corrected chi connectivity index (χ0v) is 16.7. The number of anilines is 1. The lowest BCUT2D eigenvalue weighted by molar-refractivity contribution is 0.270. The topological polar surface area (TPSA) is 29.1 Å². The minimum absolute atomic E-state index is 0.277. The van der Waals surface area contributed by atoms with Crippen molar-refractivity contribution in [1.82, 2.24) is 0 Å². The van der Waals surface area contributed by atoms with Crippen LogP contribution in [0.3, 0.4) is 0 Å². The van der Waals surface area contributed by atoms with Gasteiger partial charge in [-0.05, 0) is 37.8 Å². The molecule has 1 aromatic rings. The van der Waals surface area contributed by atoms with E-state index < -0.39 is 0 Å². The summed E-state index contributed by atoms with van der Waals surface area (Å²) in [5.41, 5.74) is 0.936. The summed E-state index contributed by atoms with van der Waals surface area (Å²) in [7, 11) is 0. The van der Waals surface area contributed by atoms with Gasteiger partial charge in [0, 0.05) is 20.3 Å². The fraction of sp³-hybridized carbons (Fsp3) is 0.632. The Morgan fingerprint density at radius 3 is 2.08 bits per heavy atom. The first kappa shape index (κ1) is 18.5. The third-order valence-electron chi connectivity index (χ3n) is 4.90. The summed E-state index contributed by atoms with van der Waals surface area (Å²) in [6.45, 7) is 0. The zero-order chi connectivity index (χ0) is 16.8. The number of rotatable bonds is 5. The lowest BCUT2D eigenvalue weighted by atomic mass is 10.0. The van der Waals surface area contributed by atoms with Crippen molar-refractivity contribution in [2.75, 3.05) is 5.32 Å². The van der Waals surface area contributed by atoms with Gasteiger partial charge in [0.15, 0.2) is 0 Å². The molecule has 0 spiro atoms. The van der Waals surface area contributed by atoms with Gasteiger partial charge in [0.25, 0.3) is 5.24 Å². The molecule has 1 amide bonds. The molecule has 2 aliphatic rings. The second-order valence-electron chi connectivity index (χ2n) is 6.82. The minimum Gasteiger partial charge on any atom is -0.316 e. The lowest BCUT2D eigenvalue weighted by Gasteiger charge is -2.26. The van der Waals surface area contributed by atoms with E-state index in [-0.39, 0.29) is 5.24 Å². The molecule has 132 valence electrons. The Labute approximate surface area is 159 Å². The molecule has 2 fully saturated rings. The van der Waals surface area contributed by atoms with Crippen molar-refractivity contribution in [2.24, 2.45) is 0 Å². The van der Waals surface area contributed by atoms with Gasteiger partial charge in [0.05, 0.1) is 5.69 Å². The van der Waals surface area contributed by atoms with Crippen molar-refractivity contribution in [3.05, 3.63) is 18.2 Å². The van der Waals surface area contributed by atoms with E-state index in [2.05, 4.69) is 30.1 Å². The van der Waals surface area contributed by atoms with Crippen LogP contribution in [0.25, 0.3) is 0 Å². The summed E-state index contributed by atoms with van der Waals surface area (Å²) in [6.07, 6.45) is 13.4. The second-order valence-corrected chi connectivity index (χ2v) is 9.88. The van der Waals surface area contributed by atoms with Crippen LogP contribution in [-0.2, 0) is 0 Å². The van der Waals surface area contributed by atoms with Gasteiger partial charge in [-0.1, -0.05) is 57.2 Å². The summed E-state index contributed by atoms with van der Waals surface area (Å²) < 4.78 is 0. The van der Waals surface area contributed by atoms with Crippen LogP contribution in [-0.4, -0.2) is 15.7 Å². The molecule has 1 aromatic carbocycles. The Kier molecular flexibility index (Phi) is 7.29. The molecule has 1 N–H and O–H groups in total. The number of carbonyl (C=O) groups excluding carboxylic acids is 1. The van der Waals surface area contributed by atoms with Gasteiger partial charge in [-0.3, -0.25) is 4.79 Å². The van der Waals surface area contributed by atoms with Crippen LogP contribution >= 0.6 is 36.2 Å². The van der Waals surface area contributed by atoms with E-state index >= 15 is 0 Å². The molecule has 5 heteroatoms. The van der Waals surface area contributed by atoms with Crippen molar-refractivity contribution in [1.29, 1.82) is 0 Å². The van der Waals surface area contributed by atoms with Gasteiger partial charge >= 0.3 is 0 Å². The third-order valence-corrected chi connectivity index (χ3v) is 8.02. The largest absolute Gasteiger partial charge is 0.316 e. The maximum absolute atomic E-state index is 11.5. The maximum Gasteiger partial charge on any atom is 0.280 e. The fourth-order valence-corrected chi connectivity index (χ4v) is 6.70. The van der Waals surface area contributed by atoms with Gasteiger partial charge in [0.2, 0.25) is 0 Å². The van der Waals surface area contributed by atoms with Crippen LogP contribution < -0.4 is 5.32 Å². The molecule has 2 aliphatic carbocycles. The van der Waals surface area contributed by atoms with Gasteiger partial charge in [0.1, 0.15) is 0 Å². The average molecular weight is 382 g/mol. The molecule has 2 saturated carbocycles. The number of nitrogens with one attached hydrogen (secondary N) is 1. The molecular weight excluding hydrogens is 354 g/mol. The van der Waals surface area contributed by atoms with Gasteiger partial charge in [-0.2, -0.15) is 0 Å². The Balaban J connectivity index is 1.80. The summed E-state index contributed by atoms with van der Waals surface area (Å²) >= 11 is 7.92. The molecule has 24 heavy (non-hydrogen) atoms. The molecule has 3 rings (SSSR count). The number of benzene rings is 1. The predicted molar refractivity (Wildman–Crippen MR) is 110 cm³/mol. The molecule has 0 saturated heterocycles. The Morgan fingerprint density at radius 2 is 1.50 bits per heavy atom. The van der Waals surface area contributed by atoms with Crippen molar-refractivity contribution in [3.8, 4) is 0 Å². The van der Waals surface area contributed by atoms with Crippen LogP contribution in [0.2, 0.25) is 0 Å². The first-order valence-electron chi connectivity index (χ1n) is 9.18. The van der Waals surface area contributed by atoms with Crippen molar-refractivity contribution >= 4 is 47.1 Å². The lowest BCUT2D eigenvalue weighted by Crippen LogP contribution is -2.11. The van der Waals surface area contributed by atoms with E-state index in [0.29, 0.717) is 5.25 Å². The van der Waals surface area contributed by atoms with E-state index in [4.69, 9.17) is 0 Å². The van der Waals surface area contributed by atoms with Gasteiger partial charge in [-0.25, -0.2) is 0 Å². The summed E-state index contributed by atoms with van der Waals surface area (Å²) in [5.74, 6) is 0. The SMILES string of the molecule is O=C(S)Nc1cccc(SC2CCCCC2)c1SC1CCCCC1. The Bertz CT molecular complexity index is 552. The second kappa shape index (κ2) is 9.44. The molecule has 0 aliphatic heterocycles. The molecule has 0 unspecified atom stereocenters. The van der Waals surface area contributed by atoms with Crippen molar-refractivity contribution in [2.45, 2.75) is 84.5 Å². The van der Waals surface area contributed by atoms with Crippen molar-refractivity contribution in [3.63, 3.8) is 0 Å². The number of hydrogen-bond donors (Lipinski definition) is 2. The standard InChI is InChI=1S/C19H27NOS3/c21-19(22)20-16-12-7-13-17(23-14-8-3-1-4-9-14)18(16)24-15-10-5-2-6-11-15/h7,12-15H,1-6,8-11H2,(H2,20,21,22). The number of thiol groups is 1. The Morgan fingerprint density at radius 1 is 0.917 bits per heavy atom. The molecule has 0 heterocycles. The van der Waals surface area contributed by atoms with E-state index in [1.807, 2.05) is 29.6 Å². The third kappa shape index (κ3) is 5.37. The van der Waals surface area contributed by atoms with E-state index in [0.717, 1.165) is 10.9 Å². The van der Waals surface area contributed by atoms with Crippen LogP contribution in [0, 0.1) is 0 Å². The molecule has 2 nitrogen and oxygen atoms in total. The monoisotopic (exact) mass is 381 g/mol. The Hall–Kier alpha value is -0.260. The van der Waals surface area contributed by atoms with Crippen LogP contribution in [0.1, 0.15) is 64.2 Å². The first-order chi connectivity index (χ1) is 11.7. The molecular formula is C19H27NOS3. The first-order valence-corrected chi connectivity index (χ1v) is 11.4. The summed E-state index contributed by atoms with van der Waals surface area (Å²) in [4.78, 5) is 14.1. The summed E-state index contributed by atoms with van der Waals surface area (Å²) in [6, 6.07) is 6.32. The highest BCUT2D eigenvalue weighted by Gasteiger charge is 2.22. The van der Waals surface area contributed by atoms with Crippen molar-refractivity contribution < 1.29 is 4.79 Å². The van der Waals surface area contributed by atoms with E-state index in [9.17, 15) is 4.79 Å². The molecule has 0 atom stereocenters. The minimum atomic E-state index is -0.277. The molecule has 0 aromatic heterocycles. The molecule has 0 radical (unpaired) electrons. The highest BCUT2D eigenvalue weighted by molar-refractivity contribution is 8.03. The van der Waals surface area contributed by atoms with E-state index in [1.54, 1.807) is 0 Å². The average Bonchev–Trinajstić information content (AvgIpc) is 2.59. The van der Waals surface area contributed by atoms with Crippen LogP contribution in [0.4, 0.5) is 10.5 Å². The quantitative estimate of drug-likeness (QED) is 0.538. The van der Waals surface area contributed by atoms with Gasteiger partial charge < -0.3 is 5.32 Å². The highest BCUT2D eigenvalue weighted by atomic mass is 32.2. The maximum atomic E-state index is 11.5. The summed E-state index contributed by atoms with van der Waals surface area (Å²) in [5, 5.41) is 4.07. The zero-order valence-electron chi connectivity index (χ0n) is 14.1. The highest BCUT2D eigenvalue weighted by Crippen LogP contribution is 2.45. The number of carbonyl (C=O) groups is 1. The van der Waals surface area contributed by atoms with Crippen LogP contribution in [0.15, 0.2) is 28.0 Å².